The van der Waals surface area contributed by atoms with Crippen LogP contribution in [-0.2, 0) is 13.0 Å². The maximum Gasteiger partial charge on any atom is 0.138 e. The van der Waals surface area contributed by atoms with Gasteiger partial charge in [-0.1, -0.05) is 0 Å². The number of benzene rings is 1. The van der Waals surface area contributed by atoms with Gasteiger partial charge in [-0.05, 0) is 24.6 Å². The van der Waals surface area contributed by atoms with Crippen molar-refractivity contribution in [3.05, 3.63) is 47.5 Å². The van der Waals surface area contributed by atoms with Crippen LogP contribution in [0, 0.1) is 11.6 Å². The molecule has 7 heteroatoms. The van der Waals surface area contributed by atoms with Crippen molar-refractivity contribution in [3.63, 3.8) is 0 Å². The lowest BCUT2D eigenvalue weighted by molar-refractivity contribution is 0.160. The highest BCUT2D eigenvalue weighted by atomic mass is 19.1. The Morgan fingerprint density at radius 2 is 2.29 bits per heavy atom. The lowest BCUT2D eigenvalue weighted by Gasteiger charge is -2.25. The quantitative estimate of drug-likeness (QED) is 0.889. The van der Waals surface area contributed by atoms with Gasteiger partial charge in [0.1, 0.15) is 23.8 Å². The molecule has 1 aliphatic heterocycles. The number of aromatic nitrogens is 3. The van der Waals surface area contributed by atoms with Crippen LogP contribution in [-0.4, -0.2) is 32.5 Å². The Balaban J connectivity index is 1.59. The molecule has 2 N–H and O–H groups in total. The van der Waals surface area contributed by atoms with Crippen LogP contribution in [0.2, 0.25) is 0 Å². The highest BCUT2D eigenvalue weighted by Crippen LogP contribution is 2.18. The van der Waals surface area contributed by atoms with Crippen molar-refractivity contribution < 1.29 is 13.9 Å². The van der Waals surface area contributed by atoms with E-state index in [9.17, 15) is 13.9 Å². The molecule has 0 saturated carbocycles. The third-order valence-corrected chi connectivity index (χ3v) is 3.72. The number of hydrogen-bond acceptors (Lipinski definition) is 4. The molecule has 1 aliphatic rings. The van der Waals surface area contributed by atoms with Crippen LogP contribution in [0.3, 0.4) is 0 Å². The average Bonchev–Trinajstić information content (AvgIpc) is 2.94. The van der Waals surface area contributed by atoms with Crippen molar-refractivity contribution >= 4 is 0 Å². The lowest BCUT2D eigenvalue weighted by Crippen LogP contribution is -2.39. The lowest BCUT2D eigenvalue weighted by atomic mass is 10.1. The Labute approximate surface area is 120 Å². The second-order valence-electron chi connectivity index (χ2n) is 5.18. The fourth-order valence-corrected chi connectivity index (χ4v) is 2.56. The van der Waals surface area contributed by atoms with Crippen LogP contribution in [0.25, 0.3) is 0 Å². The minimum absolute atomic E-state index is 0.0280. The molecule has 0 amide bonds. The second kappa shape index (κ2) is 5.87. The molecule has 2 aromatic rings. The van der Waals surface area contributed by atoms with E-state index in [-0.39, 0.29) is 18.2 Å². The number of rotatable bonds is 4. The molecule has 1 aromatic heterocycles. The number of aliphatic hydroxyl groups is 1. The molecular formula is C14H16F2N4O. The minimum atomic E-state index is -1.09. The molecule has 0 fully saturated rings. The zero-order valence-corrected chi connectivity index (χ0v) is 11.3. The number of hydrogen-bond donors (Lipinski definition) is 2. The predicted octanol–water partition coefficient (Wildman–Crippen LogP) is 1.19. The van der Waals surface area contributed by atoms with Crippen LogP contribution in [0.1, 0.15) is 23.9 Å². The van der Waals surface area contributed by atoms with E-state index in [0.29, 0.717) is 6.54 Å². The van der Waals surface area contributed by atoms with Crippen molar-refractivity contribution in [2.45, 2.75) is 31.5 Å². The molecule has 2 atom stereocenters. The van der Waals surface area contributed by atoms with Crippen LogP contribution >= 0.6 is 0 Å². The monoisotopic (exact) mass is 294 g/mol. The van der Waals surface area contributed by atoms with Gasteiger partial charge in [-0.2, -0.15) is 5.10 Å². The van der Waals surface area contributed by atoms with Crippen LogP contribution in [0.4, 0.5) is 8.78 Å². The van der Waals surface area contributed by atoms with Gasteiger partial charge in [0, 0.05) is 24.6 Å². The zero-order valence-electron chi connectivity index (χ0n) is 11.3. The van der Waals surface area contributed by atoms with Crippen molar-refractivity contribution in [2.75, 3.05) is 6.54 Å². The molecule has 0 radical (unpaired) electrons. The highest BCUT2D eigenvalue weighted by Gasteiger charge is 2.21. The van der Waals surface area contributed by atoms with Gasteiger partial charge in [0.25, 0.3) is 0 Å². The van der Waals surface area contributed by atoms with E-state index in [4.69, 9.17) is 0 Å². The van der Waals surface area contributed by atoms with E-state index in [1.54, 1.807) is 0 Å². The van der Waals surface area contributed by atoms with Gasteiger partial charge >= 0.3 is 0 Å². The molecule has 2 unspecified atom stereocenters. The molecule has 5 nitrogen and oxygen atoms in total. The molecule has 2 heterocycles. The van der Waals surface area contributed by atoms with Gasteiger partial charge in [-0.3, -0.25) is 0 Å². The molecule has 1 aromatic carbocycles. The van der Waals surface area contributed by atoms with E-state index >= 15 is 0 Å². The number of nitrogens with one attached hydrogen (secondary N) is 1. The maximum atomic E-state index is 13.6. The summed E-state index contributed by atoms with van der Waals surface area (Å²) in [6.45, 7) is 0.822. The Morgan fingerprint density at radius 1 is 1.43 bits per heavy atom. The number of aryl methyl sites for hydroxylation is 1. The molecule has 0 aliphatic carbocycles. The largest absolute Gasteiger partial charge is 0.387 e. The summed E-state index contributed by atoms with van der Waals surface area (Å²) in [6.07, 6.45) is 2.12. The summed E-state index contributed by atoms with van der Waals surface area (Å²) in [6, 6.07) is 3.21. The van der Waals surface area contributed by atoms with Crippen LogP contribution in [0.5, 0.6) is 0 Å². The van der Waals surface area contributed by atoms with E-state index < -0.39 is 17.7 Å². The van der Waals surface area contributed by atoms with Gasteiger partial charge in [-0.25, -0.2) is 18.4 Å². The first-order valence-electron chi connectivity index (χ1n) is 6.86. The van der Waals surface area contributed by atoms with Gasteiger partial charge in [0.15, 0.2) is 0 Å². The summed E-state index contributed by atoms with van der Waals surface area (Å²) in [5.41, 5.74) is -0.0280. The van der Waals surface area contributed by atoms with Crippen LogP contribution < -0.4 is 5.32 Å². The minimum Gasteiger partial charge on any atom is -0.387 e. The molecular weight excluding hydrogens is 278 g/mol. The third kappa shape index (κ3) is 3.08. The summed E-state index contributed by atoms with van der Waals surface area (Å²) >= 11 is 0. The molecule has 0 spiro atoms. The van der Waals surface area contributed by atoms with Gasteiger partial charge in [0.2, 0.25) is 0 Å². The molecule has 21 heavy (non-hydrogen) atoms. The first-order valence-corrected chi connectivity index (χ1v) is 6.86. The summed E-state index contributed by atoms with van der Waals surface area (Å²) in [5.74, 6) is -0.215. The van der Waals surface area contributed by atoms with Crippen molar-refractivity contribution in [1.29, 1.82) is 0 Å². The normalized spacial score (nSPS) is 19.3. The average molecular weight is 294 g/mol. The molecule has 3 rings (SSSR count). The van der Waals surface area contributed by atoms with E-state index in [1.807, 2.05) is 4.68 Å². The highest BCUT2D eigenvalue weighted by molar-refractivity contribution is 5.21. The summed E-state index contributed by atoms with van der Waals surface area (Å²) < 4.78 is 28.5. The summed E-state index contributed by atoms with van der Waals surface area (Å²) in [4.78, 5) is 4.14. The SMILES string of the molecule is OC(CNC1CCc2ncnn2C1)c1cc(F)ccc1F. The van der Waals surface area contributed by atoms with Gasteiger partial charge in [0.05, 0.1) is 12.6 Å². The second-order valence-corrected chi connectivity index (χ2v) is 5.18. The van der Waals surface area contributed by atoms with Gasteiger partial charge in [-0.15, -0.1) is 0 Å². The summed E-state index contributed by atoms with van der Waals surface area (Å²) in [7, 11) is 0. The van der Waals surface area contributed by atoms with Gasteiger partial charge < -0.3 is 10.4 Å². The van der Waals surface area contributed by atoms with Crippen molar-refractivity contribution in [1.82, 2.24) is 20.1 Å². The van der Waals surface area contributed by atoms with E-state index in [2.05, 4.69) is 15.4 Å². The number of fused-ring (bicyclic) bond motifs is 1. The fourth-order valence-electron chi connectivity index (χ4n) is 2.56. The first-order chi connectivity index (χ1) is 10.1. The van der Waals surface area contributed by atoms with E-state index in [1.165, 1.54) is 6.33 Å². The zero-order chi connectivity index (χ0) is 14.8. The fraction of sp³-hybridized carbons (Fsp3) is 0.429. The number of aliphatic hydroxyl groups excluding tert-OH is 1. The Kier molecular flexibility index (Phi) is 3.94. The smallest absolute Gasteiger partial charge is 0.138 e. The predicted molar refractivity (Wildman–Crippen MR) is 71.5 cm³/mol. The van der Waals surface area contributed by atoms with Crippen molar-refractivity contribution in [2.24, 2.45) is 0 Å². The molecule has 0 bridgehead atoms. The van der Waals surface area contributed by atoms with E-state index in [0.717, 1.165) is 36.9 Å². The Morgan fingerprint density at radius 3 is 3.14 bits per heavy atom. The molecule has 112 valence electrons. The summed E-state index contributed by atoms with van der Waals surface area (Å²) in [5, 5.41) is 17.3. The Bertz CT molecular complexity index is 631. The molecule has 0 saturated heterocycles. The standard InChI is InChI=1S/C14H16F2N4O/c15-9-1-3-12(16)11(5-9)13(21)6-17-10-2-4-14-18-8-19-20(14)7-10/h1,3,5,8,10,13,17,21H,2,4,6-7H2. The topological polar surface area (TPSA) is 63.0 Å². The number of halogens is 2. The maximum absolute atomic E-state index is 13.6. The van der Waals surface area contributed by atoms with Crippen molar-refractivity contribution in [3.8, 4) is 0 Å². The third-order valence-electron chi connectivity index (χ3n) is 3.72. The van der Waals surface area contributed by atoms with Crippen LogP contribution in [0.15, 0.2) is 24.5 Å². The Hall–Kier alpha value is -1.86. The number of nitrogens with zero attached hydrogens (tertiary/aromatic N) is 3. The first kappa shape index (κ1) is 14.1.